The Bertz CT molecular complexity index is 102. The summed E-state index contributed by atoms with van der Waals surface area (Å²) in [6, 6.07) is 0. The smallest absolute Gasteiger partial charge is 0.293 e. The van der Waals surface area contributed by atoms with Crippen LogP contribution in [0.4, 0.5) is 0 Å². The maximum absolute atomic E-state index is 9.93. The van der Waals surface area contributed by atoms with Gasteiger partial charge in [0.25, 0.3) is 6.47 Å². The molecule has 0 saturated heterocycles. The maximum Gasteiger partial charge on any atom is 0.293 e. The van der Waals surface area contributed by atoms with E-state index in [1.165, 1.54) is 25.7 Å². The Morgan fingerprint density at radius 1 is 1.33 bits per heavy atom. The van der Waals surface area contributed by atoms with Crippen LogP contribution in [0, 0.1) is 5.92 Å². The van der Waals surface area contributed by atoms with Gasteiger partial charge < -0.3 is 4.74 Å². The molecule has 0 aliphatic carbocycles. The molecule has 0 fully saturated rings. The Balaban J connectivity index is 3.32. The summed E-state index contributed by atoms with van der Waals surface area (Å²) in [6.07, 6.45) is 6.11. The minimum Gasteiger partial charge on any atom is -0.468 e. The van der Waals surface area contributed by atoms with E-state index in [-0.39, 0.29) is 0 Å². The van der Waals surface area contributed by atoms with E-state index in [4.69, 9.17) is 4.74 Å². The SMILES string of the molecule is CCCCCC(CC)COC=O. The van der Waals surface area contributed by atoms with E-state index in [0.717, 1.165) is 6.42 Å². The number of carbonyl (C=O) groups excluding carboxylic acids is 1. The van der Waals surface area contributed by atoms with E-state index >= 15 is 0 Å². The van der Waals surface area contributed by atoms with Crippen molar-refractivity contribution in [3.8, 4) is 0 Å². The summed E-state index contributed by atoms with van der Waals surface area (Å²) in [4.78, 5) is 9.93. The number of carbonyl (C=O) groups is 1. The molecule has 0 spiro atoms. The van der Waals surface area contributed by atoms with Gasteiger partial charge in [0.2, 0.25) is 0 Å². The van der Waals surface area contributed by atoms with Crippen molar-refractivity contribution in [1.82, 2.24) is 0 Å². The average Bonchev–Trinajstić information content (AvgIpc) is 2.11. The molecule has 0 saturated carbocycles. The van der Waals surface area contributed by atoms with Gasteiger partial charge >= 0.3 is 0 Å². The first kappa shape index (κ1) is 11.5. The van der Waals surface area contributed by atoms with Crippen molar-refractivity contribution in [1.29, 1.82) is 0 Å². The molecule has 12 heavy (non-hydrogen) atoms. The van der Waals surface area contributed by atoms with Crippen molar-refractivity contribution in [2.45, 2.75) is 46.0 Å². The first-order valence-corrected chi connectivity index (χ1v) is 4.90. The molecule has 0 heterocycles. The van der Waals surface area contributed by atoms with Gasteiger partial charge in [-0.05, 0) is 12.3 Å². The van der Waals surface area contributed by atoms with Crippen LogP contribution in [0.25, 0.3) is 0 Å². The highest BCUT2D eigenvalue weighted by atomic mass is 16.5. The average molecular weight is 172 g/mol. The maximum atomic E-state index is 9.93. The van der Waals surface area contributed by atoms with Crippen LogP contribution < -0.4 is 0 Å². The molecule has 0 aromatic heterocycles. The lowest BCUT2D eigenvalue weighted by atomic mass is 10.00. The van der Waals surface area contributed by atoms with Gasteiger partial charge in [-0.15, -0.1) is 0 Å². The molecule has 0 rings (SSSR count). The summed E-state index contributed by atoms with van der Waals surface area (Å²) in [5, 5.41) is 0. The fourth-order valence-electron chi connectivity index (χ4n) is 1.26. The largest absolute Gasteiger partial charge is 0.468 e. The van der Waals surface area contributed by atoms with Crippen LogP contribution in [0.15, 0.2) is 0 Å². The second-order valence-electron chi connectivity index (χ2n) is 3.20. The summed E-state index contributed by atoms with van der Waals surface area (Å²) in [5.41, 5.74) is 0. The Kier molecular flexibility index (Phi) is 8.19. The lowest BCUT2D eigenvalue weighted by molar-refractivity contribution is -0.130. The predicted molar refractivity (Wildman–Crippen MR) is 49.9 cm³/mol. The first-order valence-electron chi connectivity index (χ1n) is 4.90. The van der Waals surface area contributed by atoms with E-state index in [2.05, 4.69) is 13.8 Å². The van der Waals surface area contributed by atoms with Crippen LogP contribution in [0.5, 0.6) is 0 Å². The van der Waals surface area contributed by atoms with Crippen LogP contribution in [-0.4, -0.2) is 13.1 Å². The van der Waals surface area contributed by atoms with Crippen LogP contribution in [-0.2, 0) is 9.53 Å². The Labute approximate surface area is 75.3 Å². The predicted octanol–water partition coefficient (Wildman–Crippen LogP) is 2.77. The highest BCUT2D eigenvalue weighted by Crippen LogP contribution is 2.13. The van der Waals surface area contributed by atoms with Gasteiger partial charge in [0, 0.05) is 0 Å². The zero-order valence-electron chi connectivity index (χ0n) is 8.21. The minimum atomic E-state index is 0.544. The van der Waals surface area contributed by atoms with Crippen LogP contribution >= 0.6 is 0 Å². The molecule has 0 N–H and O–H groups in total. The Morgan fingerprint density at radius 3 is 2.58 bits per heavy atom. The Hall–Kier alpha value is -0.530. The van der Waals surface area contributed by atoms with Gasteiger partial charge in [-0.1, -0.05) is 39.5 Å². The number of unbranched alkanes of at least 4 members (excludes halogenated alkanes) is 2. The highest BCUT2D eigenvalue weighted by Gasteiger charge is 2.05. The molecule has 0 aromatic carbocycles. The summed E-state index contributed by atoms with van der Waals surface area (Å²) in [6.45, 7) is 5.49. The van der Waals surface area contributed by atoms with E-state index in [1.807, 2.05) is 0 Å². The van der Waals surface area contributed by atoms with E-state index in [9.17, 15) is 4.79 Å². The zero-order valence-corrected chi connectivity index (χ0v) is 8.21. The molecule has 0 aliphatic rings. The highest BCUT2D eigenvalue weighted by molar-refractivity contribution is 5.36. The molecule has 72 valence electrons. The Morgan fingerprint density at radius 2 is 2.08 bits per heavy atom. The summed E-state index contributed by atoms with van der Waals surface area (Å²) < 4.78 is 4.74. The van der Waals surface area contributed by atoms with Crippen LogP contribution in [0.2, 0.25) is 0 Å². The van der Waals surface area contributed by atoms with Gasteiger partial charge in [-0.2, -0.15) is 0 Å². The summed E-state index contributed by atoms with van der Waals surface area (Å²) in [7, 11) is 0. The molecule has 2 nitrogen and oxygen atoms in total. The van der Waals surface area contributed by atoms with Gasteiger partial charge in [0.15, 0.2) is 0 Å². The molecule has 0 aliphatic heterocycles. The third-order valence-corrected chi connectivity index (χ3v) is 2.19. The summed E-state index contributed by atoms with van der Waals surface area (Å²) in [5.74, 6) is 0.571. The van der Waals surface area contributed by atoms with Crippen LogP contribution in [0.1, 0.15) is 46.0 Å². The van der Waals surface area contributed by atoms with Crippen molar-refractivity contribution in [2.24, 2.45) is 5.92 Å². The fourth-order valence-corrected chi connectivity index (χ4v) is 1.26. The lowest BCUT2D eigenvalue weighted by Gasteiger charge is -2.12. The molecule has 0 amide bonds. The second kappa shape index (κ2) is 8.57. The fraction of sp³-hybridized carbons (Fsp3) is 0.900. The van der Waals surface area contributed by atoms with Crippen molar-refractivity contribution in [3.05, 3.63) is 0 Å². The van der Waals surface area contributed by atoms with Crippen molar-refractivity contribution in [3.63, 3.8) is 0 Å². The van der Waals surface area contributed by atoms with E-state index in [0.29, 0.717) is 19.0 Å². The molecule has 0 bridgehead atoms. The van der Waals surface area contributed by atoms with Crippen molar-refractivity contribution < 1.29 is 9.53 Å². The molecule has 1 atom stereocenters. The number of hydrogen-bond donors (Lipinski definition) is 0. The third kappa shape index (κ3) is 6.20. The van der Waals surface area contributed by atoms with E-state index < -0.39 is 0 Å². The summed E-state index contributed by atoms with van der Waals surface area (Å²) >= 11 is 0. The van der Waals surface area contributed by atoms with Crippen molar-refractivity contribution >= 4 is 6.47 Å². The molecular weight excluding hydrogens is 152 g/mol. The van der Waals surface area contributed by atoms with E-state index in [1.54, 1.807) is 0 Å². The molecule has 2 heteroatoms. The number of hydrogen-bond acceptors (Lipinski definition) is 2. The third-order valence-electron chi connectivity index (χ3n) is 2.19. The molecule has 0 radical (unpaired) electrons. The van der Waals surface area contributed by atoms with Gasteiger partial charge in [0.05, 0.1) is 6.61 Å². The minimum absolute atomic E-state index is 0.544. The first-order chi connectivity index (χ1) is 5.85. The van der Waals surface area contributed by atoms with Gasteiger partial charge in [0.1, 0.15) is 0 Å². The zero-order chi connectivity index (χ0) is 9.23. The van der Waals surface area contributed by atoms with Crippen LogP contribution in [0.3, 0.4) is 0 Å². The van der Waals surface area contributed by atoms with Crippen molar-refractivity contribution in [2.75, 3.05) is 6.61 Å². The normalized spacial score (nSPS) is 12.5. The molecule has 1 unspecified atom stereocenters. The second-order valence-corrected chi connectivity index (χ2v) is 3.20. The monoisotopic (exact) mass is 172 g/mol. The molecule has 0 aromatic rings. The quantitative estimate of drug-likeness (QED) is 0.415. The number of ether oxygens (including phenoxy) is 1. The molecular formula is C10H20O2. The van der Waals surface area contributed by atoms with Gasteiger partial charge in [-0.3, -0.25) is 4.79 Å². The standard InChI is InChI=1S/C10H20O2/c1-3-5-6-7-10(4-2)8-12-9-11/h9-10H,3-8H2,1-2H3. The number of rotatable bonds is 8. The lowest BCUT2D eigenvalue weighted by Crippen LogP contribution is -2.07. The topological polar surface area (TPSA) is 26.3 Å². The van der Waals surface area contributed by atoms with Gasteiger partial charge in [-0.25, -0.2) is 0 Å².